The predicted molar refractivity (Wildman–Crippen MR) is 78.8 cm³/mol. The molecule has 0 spiro atoms. The van der Waals surface area contributed by atoms with Gasteiger partial charge >= 0.3 is 0 Å². The third kappa shape index (κ3) is 3.29. The molecule has 1 aromatic heterocycles. The van der Waals surface area contributed by atoms with Crippen LogP contribution in [-0.4, -0.2) is 30.3 Å². The van der Waals surface area contributed by atoms with Gasteiger partial charge in [-0.1, -0.05) is 24.4 Å². The summed E-state index contributed by atoms with van der Waals surface area (Å²) in [5.41, 5.74) is 0. The Morgan fingerprint density at radius 2 is 2.16 bits per heavy atom. The van der Waals surface area contributed by atoms with Crippen LogP contribution in [0, 0.1) is 0 Å². The summed E-state index contributed by atoms with van der Waals surface area (Å²) in [5, 5.41) is 0.0275. The first kappa shape index (κ1) is 15.2. The summed E-state index contributed by atoms with van der Waals surface area (Å²) in [6.45, 7) is 2.49. The summed E-state index contributed by atoms with van der Waals surface area (Å²) in [5.74, 6) is 0. The van der Waals surface area contributed by atoms with Gasteiger partial charge in [0.05, 0.1) is 0 Å². The van der Waals surface area contributed by atoms with Crippen molar-refractivity contribution in [2.75, 3.05) is 6.54 Å². The molecule has 7 heteroatoms. The van der Waals surface area contributed by atoms with Gasteiger partial charge in [0, 0.05) is 23.3 Å². The molecule has 0 N–H and O–H groups in total. The summed E-state index contributed by atoms with van der Waals surface area (Å²) in [4.78, 5) is 3.98. The van der Waals surface area contributed by atoms with E-state index in [9.17, 15) is 8.42 Å². The van der Waals surface area contributed by atoms with Crippen LogP contribution in [0.1, 0.15) is 32.6 Å². The summed E-state index contributed by atoms with van der Waals surface area (Å²) in [6.07, 6.45) is 5.41. The molecule has 0 aromatic carbocycles. The Morgan fingerprint density at radius 1 is 1.42 bits per heavy atom. The number of hydrogen-bond donors (Lipinski definition) is 0. The highest BCUT2D eigenvalue weighted by atomic mass is 79.9. The van der Waals surface area contributed by atoms with Gasteiger partial charge in [0.25, 0.3) is 0 Å². The maximum Gasteiger partial charge on any atom is 0.246 e. The van der Waals surface area contributed by atoms with Crippen LogP contribution in [0.5, 0.6) is 0 Å². The molecule has 1 saturated heterocycles. The highest BCUT2D eigenvalue weighted by Crippen LogP contribution is 2.29. The Labute approximate surface area is 127 Å². The Hall–Kier alpha value is -0.170. The smallest absolute Gasteiger partial charge is 0.242 e. The van der Waals surface area contributed by atoms with E-state index >= 15 is 0 Å². The minimum Gasteiger partial charge on any atom is -0.242 e. The van der Waals surface area contributed by atoms with Gasteiger partial charge in [-0.15, -0.1) is 0 Å². The van der Waals surface area contributed by atoms with Crippen molar-refractivity contribution in [3.05, 3.63) is 21.9 Å². The second-order valence-electron chi connectivity index (χ2n) is 4.76. The first-order chi connectivity index (χ1) is 8.93. The quantitative estimate of drug-likeness (QED) is 0.752. The summed E-state index contributed by atoms with van der Waals surface area (Å²) < 4.78 is 27.6. The summed E-state index contributed by atoms with van der Waals surface area (Å²) >= 11 is 9.19. The Balaban J connectivity index is 2.43. The normalized spacial score (nSPS) is 22.2. The molecule has 106 valence electrons. The van der Waals surface area contributed by atoms with Gasteiger partial charge in [-0.05, 0) is 41.8 Å². The molecule has 1 aromatic rings. The molecular formula is C12H16BrClN2O2S. The van der Waals surface area contributed by atoms with Crippen molar-refractivity contribution in [2.24, 2.45) is 0 Å². The van der Waals surface area contributed by atoms with E-state index in [1.807, 2.05) is 6.92 Å². The zero-order valence-corrected chi connectivity index (χ0v) is 13.8. The van der Waals surface area contributed by atoms with Gasteiger partial charge in [0.15, 0.2) is 0 Å². The van der Waals surface area contributed by atoms with E-state index in [1.54, 1.807) is 4.31 Å². The minimum absolute atomic E-state index is 0.00236. The fraction of sp³-hybridized carbons (Fsp3) is 0.583. The Bertz CT molecular complexity index is 565. The third-order valence-corrected chi connectivity index (χ3v) is 6.23. The number of pyridine rings is 1. The van der Waals surface area contributed by atoms with Crippen molar-refractivity contribution in [3.8, 4) is 0 Å². The van der Waals surface area contributed by atoms with Crippen LogP contribution in [0.15, 0.2) is 21.6 Å². The van der Waals surface area contributed by atoms with E-state index in [-0.39, 0.29) is 16.1 Å². The van der Waals surface area contributed by atoms with Gasteiger partial charge in [-0.25, -0.2) is 13.4 Å². The molecule has 0 aliphatic carbocycles. The second kappa shape index (κ2) is 6.08. The predicted octanol–water partition coefficient (Wildman–Crippen LogP) is 3.45. The van der Waals surface area contributed by atoms with Gasteiger partial charge in [0.1, 0.15) is 10.0 Å². The van der Waals surface area contributed by atoms with Crippen LogP contribution in [0.2, 0.25) is 5.15 Å². The zero-order valence-electron chi connectivity index (χ0n) is 10.6. The summed E-state index contributed by atoms with van der Waals surface area (Å²) in [7, 11) is -3.58. The van der Waals surface area contributed by atoms with E-state index in [0.717, 1.165) is 25.7 Å². The average molecular weight is 368 g/mol. The number of sulfonamides is 1. The number of halogens is 2. The van der Waals surface area contributed by atoms with Crippen molar-refractivity contribution in [1.82, 2.24) is 9.29 Å². The second-order valence-corrected chi connectivity index (χ2v) is 7.89. The molecule has 0 radical (unpaired) electrons. The standard InChI is InChI=1S/C12H16BrClN2O2S/c1-9-5-3-2-4-6-16(9)19(17,18)11-7-10(13)8-15-12(11)14/h7-9H,2-6H2,1H3. The molecule has 19 heavy (non-hydrogen) atoms. The van der Waals surface area contributed by atoms with Gasteiger partial charge in [-0.3, -0.25) is 0 Å². The van der Waals surface area contributed by atoms with Crippen LogP contribution < -0.4 is 0 Å². The van der Waals surface area contributed by atoms with Crippen LogP contribution in [0.3, 0.4) is 0 Å². The largest absolute Gasteiger partial charge is 0.246 e. The van der Waals surface area contributed by atoms with Gasteiger partial charge in [-0.2, -0.15) is 4.31 Å². The topological polar surface area (TPSA) is 50.3 Å². The fourth-order valence-electron chi connectivity index (χ4n) is 2.32. The zero-order chi connectivity index (χ0) is 14.0. The van der Waals surface area contributed by atoms with E-state index < -0.39 is 10.0 Å². The Kier molecular flexibility index (Phi) is 4.87. The number of hydrogen-bond acceptors (Lipinski definition) is 3. The van der Waals surface area contributed by atoms with Crippen LogP contribution >= 0.6 is 27.5 Å². The van der Waals surface area contributed by atoms with Crippen molar-refractivity contribution >= 4 is 37.6 Å². The molecule has 1 atom stereocenters. The summed E-state index contributed by atoms with van der Waals surface area (Å²) in [6, 6.07) is 1.52. The average Bonchev–Trinajstić information content (AvgIpc) is 2.57. The third-order valence-electron chi connectivity index (χ3n) is 3.35. The molecule has 1 fully saturated rings. The fourth-order valence-corrected chi connectivity index (χ4v) is 4.94. The van der Waals surface area contributed by atoms with E-state index in [2.05, 4.69) is 20.9 Å². The number of rotatable bonds is 2. The molecule has 2 rings (SSSR count). The van der Waals surface area contributed by atoms with Crippen molar-refractivity contribution < 1.29 is 8.42 Å². The lowest BCUT2D eigenvalue weighted by Gasteiger charge is -2.26. The van der Waals surface area contributed by atoms with E-state index in [1.165, 1.54) is 12.3 Å². The highest BCUT2D eigenvalue weighted by Gasteiger charge is 2.32. The van der Waals surface area contributed by atoms with Crippen LogP contribution in [0.4, 0.5) is 0 Å². The number of aromatic nitrogens is 1. The molecule has 2 heterocycles. The molecule has 1 aliphatic heterocycles. The highest BCUT2D eigenvalue weighted by molar-refractivity contribution is 9.10. The number of nitrogens with zero attached hydrogens (tertiary/aromatic N) is 2. The maximum absolute atomic E-state index is 12.7. The van der Waals surface area contributed by atoms with Crippen molar-refractivity contribution in [3.63, 3.8) is 0 Å². The molecular weight excluding hydrogens is 352 g/mol. The molecule has 0 bridgehead atoms. The first-order valence-corrected chi connectivity index (χ1v) is 8.87. The lowest BCUT2D eigenvalue weighted by atomic mass is 10.1. The Morgan fingerprint density at radius 3 is 2.89 bits per heavy atom. The van der Waals surface area contributed by atoms with Crippen molar-refractivity contribution in [2.45, 2.75) is 43.5 Å². The van der Waals surface area contributed by atoms with E-state index in [0.29, 0.717) is 11.0 Å². The molecule has 4 nitrogen and oxygen atoms in total. The van der Waals surface area contributed by atoms with Gasteiger partial charge < -0.3 is 0 Å². The van der Waals surface area contributed by atoms with E-state index in [4.69, 9.17) is 11.6 Å². The molecule has 1 unspecified atom stereocenters. The minimum atomic E-state index is -3.58. The SMILES string of the molecule is CC1CCCCCN1S(=O)(=O)c1cc(Br)cnc1Cl. The van der Waals surface area contributed by atoms with Crippen LogP contribution in [0.25, 0.3) is 0 Å². The first-order valence-electron chi connectivity index (χ1n) is 6.26. The maximum atomic E-state index is 12.7. The monoisotopic (exact) mass is 366 g/mol. The molecule has 1 aliphatic rings. The molecule has 0 saturated carbocycles. The van der Waals surface area contributed by atoms with Gasteiger partial charge in [0.2, 0.25) is 10.0 Å². The van der Waals surface area contributed by atoms with Crippen LogP contribution in [-0.2, 0) is 10.0 Å². The van der Waals surface area contributed by atoms with Crippen molar-refractivity contribution in [1.29, 1.82) is 0 Å². The lowest BCUT2D eigenvalue weighted by Crippen LogP contribution is -2.38. The molecule has 0 amide bonds. The lowest BCUT2D eigenvalue weighted by molar-refractivity contribution is 0.342.